The minimum atomic E-state index is -0.296. The quantitative estimate of drug-likeness (QED) is 0.160. The van der Waals surface area contributed by atoms with Crippen molar-refractivity contribution in [2.75, 3.05) is 0 Å². The van der Waals surface area contributed by atoms with Gasteiger partial charge in [-0.15, -0.1) is 6.26 Å². The molecule has 34 valence electrons. The van der Waals surface area contributed by atoms with Gasteiger partial charge in [-0.2, -0.15) is 0 Å². The van der Waals surface area contributed by atoms with Gasteiger partial charge in [-0.05, 0) is 0 Å². The molecule has 2 nitrogen and oxygen atoms in total. The molecule has 0 amide bonds. The third-order valence-corrected chi connectivity index (χ3v) is 0.403. The van der Waals surface area contributed by atoms with E-state index in [0.717, 1.165) is 0 Å². The summed E-state index contributed by atoms with van der Waals surface area (Å²) in [5, 5.41) is 9.04. The van der Waals surface area contributed by atoms with Gasteiger partial charge in [0.1, 0.15) is 0 Å². The van der Waals surface area contributed by atoms with E-state index in [4.69, 9.17) is 11.6 Å². The first-order valence-electron chi connectivity index (χ1n) is 1.24. The summed E-state index contributed by atoms with van der Waals surface area (Å²) >= 11 is 4.83. The molecule has 0 aliphatic rings. The monoisotopic (exact) mass is 128 g/mol. The number of hydrogen-bond acceptors (Lipinski definition) is 2. The molecule has 0 fully saturated rings. The predicted molar refractivity (Wildman–Crippen MR) is 20.0 cm³/mol. The standard InChI is InChI=1S/C3H3ClO2.Na/c4-3(1-5)2-6;/h1-2,5H;/q;+1/p-1/b3-1+;. The zero-order valence-corrected chi connectivity index (χ0v) is 6.61. The van der Waals surface area contributed by atoms with E-state index in [9.17, 15) is 9.90 Å². The summed E-state index contributed by atoms with van der Waals surface area (Å²) in [7, 11) is 0. The zero-order chi connectivity index (χ0) is 4.99. The molecule has 0 aromatic heterocycles. The van der Waals surface area contributed by atoms with Gasteiger partial charge in [-0.25, -0.2) is 0 Å². The average molecular weight is 128 g/mol. The van der Waals surface area contributed by atoms with Crippen LogP contribution in [0, 0.1) is 0 Å². The van der Waals surface area contributed by atoms with Crippen molar-refractivity contribution in [1.82, 2.24) is 0 Å². The van der Waals surface area contributed by atoms with Crippen LogP contribution in [0.3, 0.4) is 0 Å². The molecule has 7 heavy (non-hydrogen) atoms. The Kier molecular flexibility index (Phi) is 9.73. The van der Waals surface area contributed by atoms with Crippen molar-refractivity contribution < 1.29 is 39.5 Å². The summed E-state index contributed by atoms with van der Waals surface area (Å²) in [6, 6.07) is 0. The second-order valence-corrected chi connectivity index (χ2v) is 1.06. The van der Waals surface area contributed by atoms with Crippen molar-refractivity contribution in [2.24, 2.45) is 0 Å². The fourth-order valence-corrected chi connectivity index (χ4v) is 0.0278. The SMILES string of the molecule is O=C/C(Cl)=C\[O-].[Na+]. The number of carbonyl (C=O) groups is 1. The van der Waals surface area contributed by atoms with Crippen LogP contribution in [0.4, 0.5) is 0 Å². The van der Waals surface area contributed by atoms with E-state index in [1.54, 1.807) is 0 Å². The van der Waals surface area contributed by atoms with Gasteiger partial charge in [-0.3, -0.25) is 4.79 Å². The van der Waals surface area contributed by atoms with Crippen LogP contribution in [-0.4, -0.2) is 6.29 Å². The molecule has 0 unspecified atom stereocenters. The molecule has 0 rings (SSSR count). The largest absolute Gasteiger partial charge is 1.00 e. The number of hydrogen-bond donors (Lipinski definition) is 0. The summed E-state index contributed by atoms with van der Waals surface area (Å²) in [5.74, 6) is 0. The Morgan fingerprint density at radius 1 is 1.71 bits per heavy atom. The van der Waals surface area contributed by atoms with Gasteiger partial charge in [0, 0.05) is 0 Å². The molecule has 0 spiro atoms. The van der Waals surface area contributed by atoms with Crippen LogP contribution < -0.4 is 34.7 Å². The Morgan fingerprint density at radius 2 is 2.14 bits per heavy atom. The first kappa shape index (κ1) is 10.5. The van der Waals surface area contributed by atoms with Gasteiger partial charge in [-0.1, -0.05) is 11.6 Å². The van der Waals surface area contributed by atoms with Crippen LogP contribution in [-0.2, 0) is 4.79 Å². The van der Waals surface area contributed by atoms with Gasteiger partial charge >= 0.3 is 29.6 Å². The Bertz CT molecular complexity index is 81.0. The first-order chi connectivity index (χ1) is 2.81. The van der Waals surface area contributed by atoms with Gasteiger partial charge in [0.15, 0.2) is 6.29 Å². The molecule has 0 aromatic carbocycles. The summed E-state index contributed by atoms with van der Waals surface area (Å²) < 4.78 is 0. The topological polar surface area (TPSA) is 40.1 Å². The fraction of sp³-hybridized carbons (Fsp3) is 0. The van der Waals surface area contributed by atoms with Gasteiger partial charge in [0.05, 0.1) is 5.03 Å². The maximum absolute atomic E-state index is 9.34. The van der Waals surface area contributed by atoms with Crippen molar-refractivity contribution >= 4 is 17.9 Å². The predicted octanol–water partition coefficient (Wildman–Crippen LogP) is -3.37. The fourth-order valence-electron chi connectivity index (χ4n) is 0.0278. The molecule has 0 bridgehead atoms. The van der Waals surface area contributed by atoms with Crippen molar-refractivity contribution in [1.29, 1.82) is 0 Å². The summed E-state index contributed by atoms with van der Waals surface area (Å²) in [6.07, 6.45) is 0.573. The van der Waals surface area contributed by atoms with E-state index in [0.29, 0.717) is 0 Å². The average Bonchev–Trinajstić information content (AvgIpc) is 1.65. The minimum absolute atomic E-state index is 0. The van der Waals surface area contributed by atoms with Crippen LogP contribution >= 0.6 is 11.6 Å². The van der Waals surface area contributed by atoms with E-state index in [-0.39, 0.29) is 47.1 Å². The van der Waals surface area contributed by atoms with Crippen molar-refractivity contribution in [2.45, 2.75) is 0 Å². The third kappa shape index (κ3) is 6.50. The first-order valence-corrected chi connectivity index (χ1v) is 1.62. The molecule has 0 atom stereocenters. The van der Waals surface area contributed by atoms with Crippen LogP contribution in [0.5, 0.6) is 0 Å². The Hall–Kier alpha value is 0.500. The summed E-state index contributed by atoms with van der Waals surface area (Å²) in [4.78, 5) is 9.34. The maximum Gasteiger partial charge on any atom is 1.00 e. The Morgan fingerprint density at radius 3 is 2.14 bits per heavy atom. The second-order valence-electron chi connectivity index (χ2n) is 0.621. The molecule has 0 saturated carbocycles. The van der Waals surface area contributed by atoms with E-state index >= 15 is 0 Å². The van der Waals surface area contributed by atoms with Crippen LogP contribution in [0.2, 0.25) is 0 Å². The maximum atomic E-state index is 9.34. The molecule has 0 saturated heterocycles. The molecule has 0 aliphatic carbocycles. The summed E-state index contributed by atoms with van der Waals surface area (Å²) in [5.41, 5.74) is 0. The van der Waals surface area contributed by atoms with Gasteiger partial charge < -0.3 is 5.11 Å². The molecule has 0 aliphatic heterocycles. The van der Waals surface area contributed by atoms with Gasteiger partial charge in [0.25, 0.3) is 0 Å². The van der Waals surface area contributed by atoms with Crippen LogP contribution in [0.1, 0.15) is 0 Å². The number of halogens is 1. The molecular weight excluding hydrogens is 126 g/mol. The number of aldehydes is 1. The van der Waals surface area contributed by atoms with Crippen molar-refractivity contribution in [3.63, 3.8) is 0 Å². The molecule has 0 aromatic rings. The number of allylic oxidation sites excluding steroid dienone is 1. The number of carbonyl (C=O) groups excluding carboxylic acids is 1. The molecule has 0 heterocycles. The smallest absolute Gasteiger partial charge is 0.877 e. The third-order valence-electron chi connectivity index (χ3n) is 0.225. The normalized spacial score (nSPS) is 9.57. The van der Waals surface area contributed by atoms with E-state index in [1.165, 1.54) is 0 Å². The van der Waals surface area contributed by atoms with E-state index in [1.807, 2.05) is 0 Å². The van der Waals surface area contributed by atoms with Crippen molar-refractivity contribution in [3.8, 4) is 0 Å². The zero-order valence-electron chi connectivity index (χ0n) is 3.85. The van der Waals surface area contributed by atoms with E-state index in [2.05, 4.69) is 0 Å². The Labute approximate surface area is 68.5 Å². The molecular formula is C3H2ClNaO2. The van der Waals surface area contributed by atoms with E-state index < -0.39 is 0 Å². The second kappa shape index (κ2) is 6.50. The minimum Gasteiger partial charge on any atom is -0.877 e. The molecule has 4 heteroatoms. The Balaban J connectivity index is 0. The molecule has 0 radical (unpaired) electrons. The number of rotatable bonds is 1. The molecule has 0 N–H and O–H groups in total. The van der Waals surface area contributed by atoms with Crippen LogP contribution in [0.15, 0.2) is 11.3 Å². The van der Waals surface area contributed by atoms with Crippen LogP contribution in [0.25, 0.3) is 0 Å². The van der Waals surface area contributed by atoms with Crippen molar-refractivity contribution in [3.05, 3.63) is 11.3 Å². The summed E-state index contributed by atoms with van der Waals surface area (Å²) in [6.45, 7) is 0. The van der Waals surface area contributed by atoms with Gasteiger partial charge in [0.2, 0.25) is 0 Å².